The molecule has 2 heterocycles. The molecule has 3 nitrogen and oxygen atoms in total. The summed E-state index contributed by atoms with van der Waals surface area (Å²) in [6.07, 6.45) is 0. The zero-order chi connectivity index (χ0) is 12.7. The molecule has 3 rings (SSSR count). The number of para-hydroxylation sites is 2. The maximum Gasteiger partial charge on any atom is 0.153 e. The second-order valence-corrected chi connectivity index (χ2v) is 5.21. The monoisotopic (exact) mass is 257 g/mol. The molecule has 0 saturated carbocycles. The van der Waals surface area contributed by atoms with Crippen LogP contribution in [0.1, 0.15) is 12.5 Å². The van der Waals surface area contributed by atoms with Gasteiger partial charge in [0, 0.05) is 6.54 Å². The van der Waals surface area contributed by atoms with Gasteiger partial charge in [-0.15, -0.1) is 11.3 Å². The van der Waals surface area contributed by atoms with E-state index >= 15 is 0 Å². The first-order valence-corrected chi connectivity index (χ1v) is 6.89. The second-order valence-electron chi connectivity index (χ2n) is 4.33. The highest BCUT2D eigenvalue weighted by molar-refractivity contribution is 7.14. The zero-order valence-corrected chi connectivity index (χ0v) is 11.3. The lowest BCUT2D eigenvalue weighted by Crippen LogP contribution is -1.98. The number of hydrogen-bond acceptors (Lipinski definition) is 3. The van der Waals surface area contributed by atoms with Crippen LogP contribution in [0.3, 0.4) is 0 Å². The fraction of sp³-hybridized carbons (Fsp3) is 0.214. The Hall–Kier alpha value is -1.81. The molecule has 1 aromatic carbocycles. The highest BCUT2D eigenvalue weighted by atomic mass is 32.1. The topological polar surface area (TPSA) is 43.8 Å². The largest absolute Gasteiger partial charge is 0.397 e. The molecule has 0 aliphatic carbocycles. The molecule has 0 saturated heterocycles. The number of rotatable bonds is 2. The van der Waals surface area contributed by atoms with Gasteiger partial charge in [-0.2, -0.15) is 0 Å². The number of anilines is 1. The number of thiophene rings is 1. The van der Waals surface area contributed by atoms with Crippen LogP contribution >= 0.6 is 11.3 Å². The molecule has 0 aliphatic rings. The van der Waals surface area contributed by atoms with E-state index < -0.39 is 0 Å². The average molecular weight is 257 g/mol. The number of imidazole rings is 1. The lowest BCUT2D eigenvalue weighted by atomic mass is 10.3. The van der Waals surface area contributed by atoms with E-state index in [0.29, 0.717) is 0 Å². The van der Waals surface area contributed by atoms with Gasteiger partial charge in [0.25, 0.3) is 0 Å². The van der Waals surface area contributed by atoms with Crippen molar-refractivity contribution in [2.75, 3.05) is 5.73 Å². The van der Waals surface area contributed by atoms with E-state index in [4.69, 9.17) is 10.7 Å². The molecule has 0 aliphatic heterocycles. The first-order chi connectivity index (χ1) is 8.72. The number of aromatic nitrogens is 2. The SMILES string of the molecule is CCn1c(-c2scc(C)c2N)nc2ccccc21. The number of nitrogens with two attached hydrogens (primary N) is 1. The van der Waals surface area contributed by atoms with Crippen molar-refractivity contribution in [3.8, 4) is 10.7 Å². The number of nitrogens with zero attached hydrogens (tertiary/aromatic N) is 2. The van der Waals surface area contributed by atoms with E-state index in [0.717, 1.165) is 34.0 Å². The molecule has 0 bridgehead atoms. The van der Waals surface area contributed by atoms with E-state index in [1.165, 1.54) is 5.52 Å². The molecule has 0 atom stereocenters. The summed E-state index contributed by atoms with van der Waals surface area (Å²) in [6.45, 7) is 5.06. The van der Waals surface area contributed by atoms with Crippen molar-refractivity contribution in [3.05, 3.63) is 35.2 Å². The first-order valence-electron chi connectivity index (χ1n) is 6.01. The van der Waals surface area contributed by atoms with Crippen molar-refractivity contribution in [1.82, 2.24) is 9.55 Å². The molecule has 0 unspecified atom stereocenters. The fourth-order valence-electron chi connectivity index (χ4n) is 2.20. The van der Waals surface area contributed by atoms with Crippen LogP contribution in [0.2, 0.25) is 0 Å². The van der Waals surface area contributed by atoms with Gasteiger partial charge in [0.05, 0.1) is 21.6 Å². The number of aryl methyl sites for hydroxylation is 2. The van der Waals surface area contributed by atoms with Gasteiger partial charge in [0.15, 0.2) is 5.82 Å². The zero-order valence-electron chi connectivity index (χ0n) is 10.5. The van der Waals surface area contributed by atoms with Crippen LogP contribution in [0.4, 0.5) is 5.69 Å². The van der Waals surface area contributed by atoms with Crippen molar-refractivity contribution in [2.45, 2.75) is 20.4 Å². The van der Waals surface area contributed by atoms with Crippen LogP contribution in [0.15, 0.2) is 29.6 Å². The van der Waals surface area contributed by atoms with Crippen molar-refractivity contribution in [1.29, 1.82) is 0 Å². The van der Waals surface area contributed by atoms with Crippen molar-refractivity contribution in [2.24, 2.45) is 0 Å². The molecule has 0 radical (unpaired) electrons. The summed E-state index contributed by atoms with van der Waals surface area (Å²) in [7, 11) is 0. The summed E-state index contributed by atoms with van der Waals surface area (Å²) < 4.78 is 2.22. The molecule has 0 fully saturated rings. The average Bonchev–Trinajstić information content (AvgIpc) is 2.91. The Kier molecular flexibility index (Phi) is 2.59. The summed E-state index contributed by atoms with van der Waals surface area (Å²) in [6, 6.07) is 8.21. The third-order valence-electron chi connectivity index (χ3n) is 3.20. The van der Waals surface area contributed by atoms with Crippen molar-refractivity contribution in [3.63, 3.8) is 0 Å². The van der Waals surface area contributed by atoms with Gasteiger partial charge in [-0.3, -0.25) is 0 Å². The number of benzene rings is 1. The van der Waals surface area contributed by atoms with Crippen LogP contribution in [0.5, 0.6) is 0 Å². The first kappa shape index (κ1) is 11.3. The van der Waals surface area contributed by atoms with E-state index in [-0.39, 0.29) is 0 Å². The molecule has 0 amide bonds. The van der Waals surface area contributed by atoms with Crippen LogP contribution in [-0.4, -0.2) is 9.55 Å². The predicted octanol–water partition coefficient (Wildman–Crippen LogP) is 3.68. The maximum atomic E-state index is 6.14. The minimum absolute atomic E-state index is 0.852. The van der Waals surface area contributed by atoms with Crippen LogP contribution < -0.4 is 5.73 Å². The molecular weight excluding hydrogens is 242 g/mol. The minimum atomic E-state index is 0.852. The third-order valence-corrected chi connectivity index (χ3v) is 4.31. The Bertz CT molecular complexity index is 709. The quantitative estimate of drug-likeness (QED) is 0.761. The van der Waals surface area contributed by atoms with E-state index in [1.54, 1.807) is 11.3 Å². The lowest BCUT2D eigenvalue weighted by Gasteiger charge is -2.05. The highest BCUT2D eigenvalue weighted by Crippen LogP contribution is 2.35. The minimum Gasteiger partial charge on any atom is -0.397 e. The molecular formula is C14H15N3S. The molecule has 92 valence electrons. The van der Waals surface area contributed by atoms with Crippen LogP contribution in [0.25, 0.3) is 21.7 Å². The summed E-state index contributed by atoms with van der Waals surface area (Å²) >= 11 is 1.67. The molecule has 0 spiro atoms. The van der Waals surface area contributed by atoms with Gasteiger partial charge in [-0.1, -0.05) is 12.1 Å². The third kappa shape index (κ3) is 1.53. The van der Waals surface area contributed by atoms with Gasteiger partial charge < -0.3 is 10.3 Å². The van der Waals surface area contributed by atoms with E-state index in [2.05, 4.69) is 22.9 Å². The Morgan fingerprint density at radius 1 is 1.33 bits per heavy atom. The number of fused-ring (bicyclic) bond motifs is 1. The molecule has 2 N–H and O–H groups in total. The maximum absolute atomic E-state index is 6.14. The van der Waals surface area contributed by atoms with Gasteiger partial charge in [0.2, 0.25) is 0 Å². The Morgan fingerprint density at radius 3 is 2.78 bits per heavy atom. The number of hydrogen-bond donors (Lipinski definition) is 1. The molecule has 3 aromatic rings. The smallest absolute Gasteiger partial charge is 0.153 e. The van der Waals surface area contributed by atoms with E-state index in [9.17, 15) is 0 Å². The predicted molar refractivity (Wildman–Crippen MR) is 77.9 cm³/mol. The molecule has 18 heavy (non-hydrogen) atoms. The van der Waals surface area contributed by atoms with Crippen LogP contribution in [0, 0.1) is 6.92 Å². The standard InChI is InChI=1S/C14H15N3S/c1-3-17-11-7-5-4-6-10(11)16-14(17)13-12(15)9(2)8-18-13/h4-8H,3,15H2,1-2H3. The summed E-state index contributed by atoms with van der Waals surface area (Å²) in [4.78, 5) is 5.80. The van der Waals surface area contributed by atoms with Gasteiger partial charge >= 0.3 is 0 Å². The highest BCUT2D eigenvalue weighted by Gasteiger charge is 2.15. The Labute approximate surface area is 110 Å². The summed E-state index contributed by atoms with van der Waals surface area (Å²) in [5.41, 5.74) is 10.3. The summed E-state index contributed by atoms with van der Waals surface area (Å²) in [5, 5.41) is 2.09. The number of nitrogen functional groups attached to an aromatic ring is 1. The Morgan fingerprint density at radius 2 is 2.11 bits per heavy atom. The van der Waals surface area contributed by atoms with E-state index in [1.807, 2.05) is 25.1 Å². The second kappa shape index (κ2) is 4.14. The Balaban J connectivity index is 2.32. The fourth-order valence-corrected chi connectivity index (χ4v) is 3.17. The lowest BCUT2D eigenvalue weighted by molar-refractivity contribution is 0.798. The van der Waals surface area contributed by atoms with Crippen molar-refractivity contribution < 1.29 is 0 Å². The van der Waals surface area contributed by atoms with Gasteiger partial charge in [-0.05, 0) is 36.9 Å². The van der Waals surface area contributed by atoms with Gasteiger partial charge in [0.1, 0.15) is 0 Å². The molecule has 2 aromatic heterocycles. The molecule has 4 heteroatoms. The summed E-state index contributed by atoms with van der Waals surface area (Å²) in [5.74, 6) is 0.981. The van der Waals surface area contributed by atoms with Gasteiger partial charge in [-0.25, -0.2) is 4.98 Å². The normalized spacial score (nSPS) is 11.2. The van der Waals surface area contributed by atoms with Crippen molar-refractivity contribution >= 4 is 28.1 Å². The van der Waals surface area contributed by atoms with Crippen LogP contribution in [-0.2, 0) is 6.54 Å².